The van der Waals surface area contributed by atoms with E-state index in [-0.39, 0.29) is 17.4 Å². The van der Waals surface area contributed by atoms with Crippen molar-refractivity contribution in [2.45, 2.75) is 45.4 Å². The number of carbonyl (C=O) groups excluding carboxylic acids is 2. The fourth-order valence-electron chi connectivity index (χ4n) is 3.95. The van der Waals surface area contributed by atoms with E-state index < -0.39 is 5.97 Å². The maximum atomic E-state index is 12.6. The number of nitrogens with zero attached hydrogens (tertiary/aromatic N) is 2. The zero-order valence-electron chi connectivity index (χ0n) is 18.9. The Morgan fingerprint density at radius 1 is 1.13 bits per heavy atom. The Labute approximate surface area is 185 Å². The molecule has 172 valence electrons. The predicted octanol–water partition coefficient (Wildman–Crippen LogP) is 2.80. The maximum absolute atomic E-state index is 12.6. The molecular weight excluding hydrogens is 396 g/mol. The topological polar surface area (TPSA) is 102 Å². The number of rotatable bonds is 11. The molecule has 0 aliphatic carbocycles. The van der Waals surface area contributed by atoms with E-state index in [1.165, 1.54) is 12.1 Å². The zero-order valence-corrected chi connectivity index (χ0v) is 18.9. The highest BCUT2D eigenvalue weighted by atomic mass is 16.4. The van der Waals surface area contributed by atoms with Crippen molar-refractivity contribution in [3.05, 3.63) is 23.8 Å². The number of benzene rings is 1. The molecule has 1 aliphatic rings. The van der Waals surface area contributed by atoms with Crippen LogP contribution in [0.4, 0.5) is 11.4 Å². The first-order valence-corrected chi connectivity index (χ1v) is 11.1. The molecule has 2 amide bonds. The Morgan fingerprint density at radius 3 is 2.42 bits per heavy atom. The molecule has 1 saturated heterocycles. The van der Waals surface area contributed by atoms with Gasteiger partial charge in [-0.05, 0) is 37.0 Å². The van der Waals surface area contributed by atoms with Gasteiger partial charge < -0.3 is 25.5 Å². The molecule has 31 heavy (non-hydrogen) atoms. The second kappa shape index (κ2) is 12.3. The molecule has 0 aromatic heterocycles. The fraction of sp³-hybridized carbons (Fsp3) is 0.609. The van der Waals surface area contributed by atoms with Gasteiger partial charge in [-0.2, -0.15) is 0 Å². The van der Waals surface area contributed by atoms with E-state index in [4.69, 9.17) is 0 Å². The summed E-state index contributed by atoms with van der Waals surface area (Å²) in [6.45, 7) is 5.35. The summed E-state index contributed by atoms with van der Waals surface area (Å²) in [7, 11) is 3.69. The molecule has 1 aromatic rings. The van der Waals surface area contributed by atoms with Crippen molar-refractivity contribution in [1.82, 2.24) is 10.2 Å². The van der Waals surface area contributed by atoms with Crippen LogP contribution in [0.3, 0.4) is 0 Å². The lowest BCUT2D eigenvalue weighted by Crippen LogP contribution is -2.46. The summed E-state index contributed by atoms with van der Waals surface area (Å²) in [5, 5.41) is 15.4. The van der Waals surface area contributed by atoms with Crippen LogP contribution in [0.5, 0.6) is 0 Å². The summed E-state index contributed by atoms with van der Waals surface area (Å²) in [5.41, 5.74) is 1.39. The number of piperazine rings is 1. The lowest BCUT2D eigenvalue weighted by atomic mass is 9.92. The first kappa shape index (κ1) is 24.7. The Balaban J connectivity index is 1.90. The number of carboxylic acids is 1. The van der Waals surface area contributed by atoms with Crippen LogP contribution in [-0.2, 0) is 9.59 Å². The lowest BCUT2D eigenvalue weighted by Gasteiger charge is -2.28. The van der Waals surface area contributed by atoms with Gasteiger partial charge in [0.15, 0.2) is 0 Å². The molecule has 0 bridgehead atoms. The van der Waals surface area contributed by atoms with Gasteiger partial charge >= 0.3 is 5.97 Å². The fourth-order valence-corrected chi connectivity index (χ4v) is 3.95. The van der Waals surface area contributed by atoms with Crippen LogP contribution in [0.2, 0.25) is 0 Å². The third-order valence-corrected chi connectivity index (χ3v) is 5.71. The number of amides is 2. The van der Waals surface area contributed by atoms with Crippen molar-refractivity contribution in [3.8, 4) is 0 Å². The van der Waals surface area contributed by atoms with Crippen LogP contribution in [-0.4, -0.2) is 68.1 Å². The highest BCUT2D eigenvalue weighted by Crippen LogP contribution is 2.27. The second-order valence-electron chi connectivity index (χ2n) is 8.34. The zero-order chi connectivity index (χ0) is 22.8. The molecule has 1 aromatic carbocycles. The quantitative estimate of drug-likeness (QED) is 0.497. The Kier molecular flexibility index (Phi) is 9.78. The van der Waals surface area contributed by atoms with Gasteiger partial charge in [-0.25, -0.2) is 4.79 Å². The van der Waals surface area contributed by atoms with E-state index in [2.05, 4.69) is 17.6 Å². The van der Waals surface area contributed by atoms with Gasteiger partial charge in [0.25, 0.3) is 0 Å². The Hall–Kier alpha value is -2.61. The van der Waals surface area contributed by atoms with Crippen LogP contribution in [0, 0.1) is 5.92 Å². The number of anilines is 2. The summed E-state index contributed by atoms with van der Waals surface area (Å²) >= 11 is 0. The van der Waals surface area contributed by atoms with Crippen LogP contribution in [0.1, 0.15) is 55.8 Å². The SMILES string of the molecule is CCCC(CCC(=O)Nc1cc(C(=O)O)ccc1N(C)C)CCC(=O)N1CCNCC1. The standard InChI is InChI=1S/C23H36N4O4/c1-4-5-17(7-11-22(29)27-14-12-24-13-15-27)6-10-21(28)25-19-16-18(23(30)31)8-9-20(19)26(2)3/h8-9,16-17,24H,4-7,10-15H2,1-3H3,(H,25,28)(H,30,31). The Bertz CT molecular complexity index is 760. The number of nitrogens with one attached hydrogen (secondary N) is 2. The molecule has 1 unspecified atom stereocenters. The van der Waals surface area contributed by atoms with Crippen LogP contribution in [0.15, 0.2) is 18.2 Å². The van der Waals surface area contributed by atoms with Crippen molar-refractivity contribution in [3.63, 3.8) is 0 Å². The first-order chi connectivity index (χ1) is 14.8. The number of carboxylic acid groups (broad SMARTS) is 1. The van der Waals surface area contributed by atoms with Crippen LogP contribution < -0.4 is 15.5 Å². The van der Waals surface area contributed by atoms with Gasteiger partial charge in [0.2, 0.25) is 11.8 Å². The molecular formula is C23H36N4O4. The van der Waals surface area contributed by atoms with Crippen molar-refractivity contribution >= 4 is 29.2 Å². The minimum Gasteiger partial charge on any atom is -0.478 e. The van der Waals surface area contributed by atoms with Crippen LogP contribution in [0.25, 0.3) is 0 Å². The smallest absolute Gasteiger partial charge is 0.335 e. The highest BCUT2D eigenvalue weighted by molar-refractivity contribution is 5.97. The van der Waals surface area contributed by atoms with Gasteiger partial charge in [-0.1, -0.05) is 19.8 Å². The van der Waals surface area contributed by atoms with Gasteiger partial charge in [-0.15, -0.1) is 0 Å². The maximum Gasteiger partial charge on any atom is 0.335 e. The molecule has 8 heteroatoms. The van der Waals surface area contributed by atoms with E-state index in [0.717, 1.165) is 51.1 Å². The molecule has 1 fully saturated rings. The first-order valence-electron chi connectivity index (χ1n) is 11.1. The van der Waals surface area contributed by atoms with E-state index >= 15 is 0 Å². The van der Waals surface area contributed by atoms with Gasteiger partial charge in [0, 0.05) is 53.1 Å². The number of hydrogen-bond acceptors (Lipinski definition) is 5. The number of hydrogen-bond donors (Lipinski definition) is 3. The number of aromatic carboxylic acids is 1. The number of carbonyl (C=O) groups is 3. The molecule has 8 nitrogen and oxygen atoms in total. The van der Waals surface area contributed by atoms with Gasteiger partial charge in [0.1, 0.15) is 0 Å². The molecule has 0 spiro atoms. The van der Waals surface area contributed by atoms with Crippen molar-refractivity contribution < 1.29 is 19.5 Å². The molecule has 2 rings (SSSR count). The van der Waals surface area contributed by atoms with Gasteiger partial charge in [0.05, 0.1) is 16.9 Å². The Morgan fingerprint density at radius 2 is 1.81 bits per heavy atom. The predicted molar refractivity (Wildman–Crippen MR) is 123 cm³/mol. The summed E-state index contributed by atoms with van der Waals surface area (Å²) in [4.78, 5) is 40.1. The second-order valence-corrected chi connectivity index (χ2v) is 8.34. The highest BCUT2D eigenvalue weighted by Gasteiger charge is 2.19. The van der Waals surface area contributed by atoms with Crippen molar-refractivity contribution in [2.75, 3.05) is 50.5 Å². The van der Waals surface area contributed by atoms with Gasteiger partial charge in [-0.3, -0.25) is 9.59 Å². The minimum atomic E-state index is -1.03. The normalized spacial score (nSPS) is 14.7. The van der Waals surface area contributed by atoms with E-state index in [1.54, 1.807) is 6.07 Å². The molecule has 1 aliphatic heterocycles. The summed E-state index contributed by atoms with van der Waals surface area (Å²) < 4.78 is 0. The van der Waals surface area contributed by atoms with E-state index in [9.17, 15) is 19.5 Å². The summed E-state index contributed by atoms with van der Waals surface area (Å²) in [6.07, 6.45) is 4.37. The van der Waals surface area contributed by atoms with E-state index in [0.29, 0.717) is 30.9 Å². The monoisotopic (exact) mass is 432 g/mol. The minimum absolute atomic E-state index is 0.135. The van der Waals surface area contributed by atoms with Crippen molar-refractivity contribution in [1.29, 1.82) is 0 Å². The largest absolute Gasteiger partial charge is 0.478 e. The molecule has 0 radical (unpaired) electrons. The average Bonchev–Trinajstić information content (AvgIpc) is 2.75. The summed E-state index contributed by atoms with van der Waals surface area (Å²) in [6, 6.07) is 4.71. The molecule has 1 atom stereocenters. The molecule has 3 N–H and O–H groups in total. The third-order valence-electron chi connectivity index (χ3n) is 5.71. The average molecular weight is 433 g/mol. The lowest BCUT2D eigenvalue weighted by molar-refractivity contribution is -0.132. The molecule has 1 heterocycles. The van der Waals surface area contributed by atoms with Crippen LogP contribution >= 0.6 is 0 Å². The molecule has 0 saturated carbocycles. The van der Waals surface area contributed by atoms with E-state index in [1.807, 2.05) is 23.9 Å². The third kappa shape index (κ3) is 7.86. The summed E-state index contributed by atoms with van der Waals surface area (Å²) in [5.74, 6) is -0.646. The van der Waals surface area contributed by atoms with Crippen molar-refractivity contribution in [2.24, 2.45) is 5.92 Å².